The highest BCUT2D eigenvalue weighted by atomic mass is 16.3. The van der Waals surface area contributed by atoms with E-state index in [0.717, 1.165) is 13.0 Å². The average molecular weight is 208 g/mol. The molecule has 0 atom stereocenters. The van der Waals surface area contributed by atoms with Gasteiger partial charge in [-0.25, -0.2) is 0 Å². The minimum atomic E-state index is -0.105. The molecule has 0 heterocycles. The predicted octanol–water partition coefficient (Wildman–Crippen LogP) is 0.731. The number of rotatable bonds is 5. The maximum absolute atomic E-state index is 11.5. The normalized spacial score (nSPS) is 9.93. The number of hydrogen-bond donors (Lipinski definition) is 3. The van der Waals surface area contributed by atoms with Gasteiger partial charge in [-0.2, -0.15) is 0 Å². The van der Waals surface area contributed by atoms with Crippen LogP contribution in [-0.4, -0.2) is 31.2 Å². The van der Waals surface area contributed by atoms with E-state index in [1.54, 1.807) is 12.1 Å². The van der Waals surface area contributed by atoms with Gasteiger partial charge in [-0.1, -0.05) is 0 Å². The molecule has 0 aromatic heterocycles. The van der Waals surface area contributed by atoms with Crippen molar-refractivity contribution in [1.82, 2.24) is 10.6 Å². The number of hydrogen-bond acceptors (Lipinski definition) is 3. The van der Waals surface area contributed by atoms with Gasteiger partial charge in [0.1, 0.15) is 5.75 Å². The van der Waals surface area contributed by atoms with Gasteiger partial charge in [0.25, 0.3) is 5.91 Å². The number of phenolic OH excluding ortho intramolecular Hbond substituents is 1. The Kier molecular flexibility index (Phi) is 4.63. The molecule has 15 heavy (non-hydrogen) atoms. The molecule has 0 saturated heterocycles. The van der Waals surface area contributed by atoms with Crippen LogP contribution in [0.25, 0.3) is 0 Å². The van der Waals surface area contributed by atoms with Gasteiger partial charge in [0, 0.05) is 12.1 Å². The third kappa shape index (κ3) is 3.99. The van der Waals surface area contributed by atoms with Crippen molar-refractivity contribution in [3.05, 3.63) is 29.8 Å². The van der Waals surface area contributed by atoms with E-state index >= 15 is 0 Å². The van der Waals surface area contributed by atoms with Gasteiger partial charge in [-0.05, 0) is 44.3 Å². The molecule has 4 nitrogen and oxygen atoms in total. The van der Waals surface area contributed by atoms with Gasteiger partial charge in [-0.3, -0.25) is 4.79 Å². The van der Waals surface area contributed by atoms with Crippen molar-refractivity contribution in [2.45, 2.75) is 6.42 Å². The second-order valence-electron chi connectivity index (χ2n) is 3.26. The van der Waals surface area contributed by atoms with Gasteiger partial charge in [0.05, 0.1) is 0 Å². The molecule has 0 aliphatic carbocycles. The Labute approximate surface area is 89.3 Å². The first-order chi connectivity index (χ1) is 7.24. The predicted molar refractivity (Wildman–Crippen MR) is 59.0 cm³/mol. The average Bonchev–Trinajstić information content (AvgIpc) is 2.25. The molecule has 1 amide bonds. The van der Waals surface area contributed by atoms with Crippen molar-refractivity contribution >= 4 is 5.91 Å². The smallest absolute Gasteiger partial charge is 0.251 e. The largest absolute Gasteiger partial charge is 0.508 e. The van der Waals surface area contributed by atoms with E-state index in [9.17, 15) is 4.79 Å². The van der Waals surface area contributed by atoms with E-state index in [4.69, 9.17) is 5.11 Å². The standard InChI is InChI=1S/C11H16N2O2/c1-12-7-2-8-13-11(15)9-3-5-10(14)6-4-9/h3-6,12,14H,2,7-8H2,1H3,(H,13,15). The first kappa shape index (κ1) is 11.5. The molecule has 1 aromatic carbocycles. The molecule has 1 aromatic rings. The molecule has 82 valence electrons. The van der Waals surface area contributed by atoms with Crippen molar-refractivity contribution in [1.29, 1.82) is 0 Å². The summed E-state index contributed by atoms with van der Waals surface area (Å²) >= 11 is 0. The number of carbonyl (C=O) groups excluding carboxylic acids is 1. The fourth-order valence-electron chi connectivity index (χ4n) is 1.18. The van der Waals surface area contributed by atoms with E-state index in [0.29, 0.717) is 12.1 Å². The first-order valence-corrected chi connectivity index (χ1v) is 4.96. The third-order valence-electron chi connectivity index (χ3n) is 2.02. The zero-order chi connectivity index (χ0) is 11.1. The molecule has 0 aliphatic rings. The summed E-state index contributed by atoms with van der Waals surface area (Å²) in [7, 11) is 1.88. The molecule has 0 radical (unpaired) electrons. The minimum Gasteiger partial charge on any atom is -0.508 e. The quantitative estimate of drug-likeness (QED) is 0.625. The summed E-state index contributed by atoms with van der Waals surface area (Å²) < 4.78 is 0. The lowest BCUT2D eigenvalue weighted by Gasteiger charge is -2.04. The van der Waals surface area contributed by atoms with Gasteiger partial charge in [0.2, 0.25) is 0 Å². The van der Waals surface area contributed by atoms with Crippen LogP contribution in [0, 0.1) is 0 Å². The zero-order valence-corrected chi connectivity index (χ0v) is 8.79. The minimum absolute atomic E-state index is 0.105. The Bertz CT molecular complexity index is 309. The number of phenols is 1. The lowest BCUT2D eigenvalue weighted by Crippen LogP contribution is -2.26. The van der Waals surface area contributed by atoms with Crippen LogP contribution >= 0.6 is 0 Å². The number of nitrogens with one attached hydrogen (secondary N) is 2. The highest BCUT2D eigenvalue weighted by molar-refractivity contribution is 5.94. The molecule has 0 aliphatic heterocycles. The topological polar surface area (TPSA) is 61.4 Å². The van der Waals surface area contributed by atoms with E-state index in [1.165, 1.54) is 12.1 Å². The molecule has 0 saturated carbocycles. The van der Waals surface area contributed by atoms with E-state index in [-0.39, 0.29) is 11.7 Å². The highest BCUT2D eigenvalue weighted by Crippen LogP contribution is 2.09. The number of aromatic hydroxyl groups is 1. The lowest BCUT2D eigenvalue weighted by molar-refractivity contribution is 0.0953. The molecule has 1 rings (SSSR count). The van der Waals surface area contributed by atoms with Gasteiger partial charge >= 0.3 is 0 Å². The highest BCUT2D eigenvalue weighted by Gasteiger charge is 2.03. The Morgan fingerprint density at radius 3 is 2.53 bits per heavy atom. The maximum atomic E-state index is 11.5. The number of amides is 1. The summed E-state index contributed by atoms with van der Waals surface area (Å²) in [5, 5.41) is 14.8. The zero-order valence-electron chi connectivity index (χ0n) is 8.79. The van der Waals surface area contributed by atoms with Crippen LogP contribution in [0.4, 0.5) is 0 Å². The summed E-state index contributed by atoms with van der Waals surface area (Å²) in [6.45, 7) is 1.54. The summed E-state index contributed by atoms with van der Waals surface area (Å²) in [5.41, 5.74) is 0.567. The van der Waals surface area contributed by atoms with Crippen LogP contribution in [0.15, 0.2) is 24.3 Å². The molecule has 0 fully saturated rings. The van der Waals surface area contributed by atoms with Crippen LogP contribution in [0.2, 0.25) is 0 Å². The SMILES string of the molecule is CNCCCNC(=O)c1ccc(O)cc1. The summed E-state index contributed by atoms with van der Waals surface area (Å²) in [4.78, 5) is 11.5. The molecule has 0 unspecified atom stereocenters. The van der Waals surface area contributed by atoms with Crippen LogP contribution in [0.1, 0.15) is 16.8 Å². The van der Waals surface area contributed by atoms with Crippen LogP contribution < -0.4 is 10.6 Å². The summed E-state index contributed by atoms with van der Waals surface area (Å²) in [5.74, 6) is 0.0628. The Morgan fingerprint density at radius 2 is 1.93 bits per heavy atom. The second kappa shape index (κ2) is 6.03. The molecular weight excluding hydrogens is 192 g/mol. The van der Waals surface area contributed by atoms with Gasteiger partial charge in [-0.15, -0.1) is 0 Å². The molecular formula is C11H16N2O2. The molecule has 4 heteroatoms. The third-order valence-corrected chi connectivity index (χ3v) is 2.02. The van der Waals surface area contributed by atoms with Crippen molar-refractivity contribution in [2.24, 2.45) is 0 Å². The van der Waals surface area contributed by atoms with Crippen LogP contribution in [0.5, 0.6) is 5.75 Å². The van der Waals surface area contributed by atoms with E-state index < -0.39 is 0 Å². The Morgan fingerprint density at radius 1 is 1.27 bits per heavy atom. The fourth-order valence-corrected chi connectivity index (χ4v) is 1.18. The maximum Gasteiger partial charge on any atom is 0.251 e. The molecule has 0 spiro atoms. The van der Waals surface area contributed by atoms with Crippen molar-refractivity contribution in [2.75, 3.05) is 20.1 Å². The molecule has 3 N–H and O–H groups in total. The van der Waals surface area contributed by atoms with Crippen molar-refractivity contribution in [3.8, 4) is 5.75 Å². The van der Waals surface area contributed by atoms with Crippen LogP contribution in [-0.2, 0) is 0 Å². The molecule has 0 bridgehead atoms. The monoisotopic (exact) mass is 208 g/mol. The first-order valence-electron chi connectivity index (χ1n) is 4.96. The van der Waals surface area contributed by atoms with Crippen molar-refractivity contribution < 1.29 is 9.90 Å². The second-order valence-corrected chi connectivity index (χ2v) is 3.26. The number of benzene rings is 1. The van der Waals surface area contributed by atoms with Gasteiger partial charge < -0.3 is 15.7 Å². The Balaban J connectivity index is 2.37. The van der Waals surface area contributed by atoms with Gasteiger partial charge in [0.15, 0.2) is 0 Å². The van der Waals surface area contributed by atoms with Crippen molar-refractivity contribution in [3.63, 3.8) is 0 Å². The van der Waals surface area contributed by atoms with E-state index in [1.807, 2.05) is 7.05 Å². The Hall–Kier alpha value is -1.55. The van der Waals surface area contributed by atoms with Crippen LogP contribution in [0.3, 0.4) is 0 Å². The summed E-state index contributed by atoms with van der Waals surface area (Å²) in [6.07, 6.45) is 0.903. The fraction of sp³-hybridized carbons (Fsp3) is 0.364. The lowest BCUT2D eigenvalue weighted by atomic mass is 10.2. The summed E-state index contributed by atoms with van der Waals surface area (Å²) in [6, 6.07) is 6.20. The van der Waals surface area contributed by atoms with E-state index in [2.05, 4.69) is 10.6 Å². The number of carbonyl (C=O) groups is 1.